The molecule has 22 heavy (non-hydrogen) atoms. The highest BCUT2D eigenvalue weighted by Crippen LogP contribution is 2.39. The Kier molecular flexibility index (Phi) is 3.88. The van der Waals surface area contributed by atoms with Gasteiger partial charge in [0.25, 0.3) is 0 Å². The zero-order chi connectivity index (χ0) is 14.8. The minimum absolute atomic E-state index is 0.399. The van der Waals surface area contributed by atoms with E-state index in [0.29, 0.717) is 12.0 Å². The van der Waals surface area contributed by atoms with Gasteiger partial charge in [-0.15, -0.1) is 0 Å². The smallest absolute Gasteiger partial charge is 0.228 e. The van der Waals surface area contributed by atoms with Crippen LogP contribution in [-0.2, 0) is 6.42 Å². The third kappa shape index (κ3) is 2.65. The van der Waals surface area contributed by atoms with E-state index in [-0.39, 0.29) is 0 Å². The highest BCUT2D eigenvalue weighted by Gasteiger charge is 2.29. The SMILES string of the molecule is c1ccc(C2CCCc3c2noc3NC2CCCCC2)cc1. The molecule has 1 fully saturated rings. The van der Waals surface area contributed by atoms with Crippen molar-refractivity contribution in [2.24, 2.45) is 0 Å². The second kappa shape index (κ2) is 6.15. The molecule has 116 valence electrons. The van der Waals surface area contributed by atoms with Gasteiger partial charge >= 0.3 is 0 Å². The second-order valence-corrected chi connectivity index (χ2v) is 6.71. The summed E-state index contributed by atoms with van der Waals surface area (Å²) >= 11 is 0. The number of rotatable bonds is 3. The zero-order valence-corrected chi connectivity index (χ0v) is 13.1. The van der Waals surface area contributed by atoms with Gasteiger partial charge in [0.05, 0.1) is 5.69 Å². The summed E-state index contributed by atoms with van der Waals surface area (Å²) in [6.07, 6.45) is 10.1. The van der Waals surface area contributed by atoms with Crippen LogP contribution in [0.4, 0.5) is 5.88 Å². The first-order chi connectivity index (χ1) is 10.9. The Labute approximate surface area is 132 Å². The third-order valence-electron chi connectivity index (χ3n) is 5.21. The van der Waals surface area contributed by atoms with Crippen LogP contribution in [0.2, 0.25) is 0 Å². The van der Waals surface area contributed by atoms with Gasteiger partial charge in [-0.25, -0.2) is 0 Å². The van der Waals surface area contributed by atoms with Crippen molar-refractivity contribution >= 4 is 5.88 Å². The summed E-state index contributed by atoms with van der Waals surface area (Å²) in [5.74, 6) is 1.35. The number of aromatic nitrogens is 1. The van der Waals surface area contributed by atoms with E-state index in [2.05, 4.69) is 40.8 Å². The molecule has 1 saturated carbocycles. The first kappa shape index (κ1) is 13.9. The topological polar surface area (TPSA) is 38.1 Å². The first-order valence-electron chi connectivity index (χ1n) is 8.72. The third-order valence-corrected chi connectivity index (χ3v) is 5.21. The average Bonchev–Trinajstić information content (AvgIpc) is 3.00. The minimum atomic E-state index is 0.399. The van der Waals surface area contributed by atoms with E-state index in [1.807, 2.05) is 0 Å². The Balaban J connectivity index is 1.58. The largest absolute Gasteiger partial charge is 0.351 e. The lowest BCUT2D eigenvalue weighted by molar-refractivity contribution is 0.401. The van der Waals surface area contributed by atoms with Crippen LogP contribution in [0, 0.1) is 0 Å². The molecular weight excluding hydrogens is 272 g/mol. The monoisotopic (exact) mass is 296 g/mol. The molecule has 0 radical (unpaired) electrons. The summed E-state index contributed by atoms with van der Waals surface area (Å²) < 4.78 is 5.71. The van der Waals surface area contributed by atoms with Gasteiger partial charge in [-0.05, 0) is 37.7 Å². The molecule has 0 aliphatic heterocycles. The fourth-order valence-electron chi connectivity index (χ4n) is 4.01. The van der Waals surface area contributed by atoms with Crippen LogP contribution >= 0.6 is 0 Å². The minimum Gasteiger partial charge on any atom is -0.351 e. The molecule has 2 aliphatic rings. The van der Waals surface area contributed by atoms with Gasteiger partial charge in [-0.2, -0.15) is 0 Å². The molecule has 1 unspecified atom stereocenters. The van der Waals surface area contributed by atoms with E-state index in [1.165, 1.54) is 56.1 Å². The van der Waals surface area contributed by atoms with Gasteiger partial charge in [-0.3, -0.25) is 0 Å². The average molecular weight is 296 g/mol. The molecule has 2 aromatic rings. The molecule has 2 aliphatic carbocycles. The van der Waals surface area contributed by atoms with E-state index in [1.54, 1.807) is 0 Å². The lowest BCUT2D eigenvalue weighted by Crippen LogP contribution is -2.23. The van der Waals surface area contributed by atoms with Crippen LogP contribution in [0.3, 0.4) is 0 Å². The molecule has 0 bridgehead atoms. The van der Waals surface area contributed by atoms with E-state index in [0.717, 1.165) is 18.0 Å². The molecule has 0 amide bonds. The van der Waals surface area contributed by atoms with Crippen molar-refractivity contribution in [1.82, 2.24) is 5.16 Å². The Morgan fingerprint density at radius 2 is 1.77 bits per heavy atom. The molecule has 1 atom stereocenters. The number of nitrogens with zero attached hydrogens (tertiary/aromatic N) is 1. The van der Waals surface area contributed by atoms with Crippen molar-refractivity contribution in [3.63, 3.8) is 0 Å². The Hall–Kier alpha value is -1.77. The maximum absolute atomic E-state index is 5.71. The predicted octanol–water partition coefficient (Wildman–Crippen LogP) is 4.89. The van der Waals surface area contributed by atoms with E-state index in [4.69, 9.17) is 4.52 Å². The lowest BCUT2D eigenvalue weighted by Gasteiger charge is -2.24. The van der Waals surface area contributed by atoms with Gasteiger partial charge in [0.15, 0.2) is 0 Å². The van der Waals surface area contributed by atoms with Gasteiger partial charge < -0.3 is 9.84 Å². The van der Waals surface area contributed by atoms with Crippen LogP contribution in [-0.4, -0.2) is 11.2 Å². The summed E-state index contributed by atoms with van der Waals surface area (Å²) in [4.78, 5) is 0. The second-order valence-electron chi connectivity index (χ2n) is 6.71. The Morgan fingerprint density at radius 3 is 2.59 bits per heavy atom. The Morgan fingerprint density at radius 1 is 0.955 bits per heavy atom. The number of hydrogen-bond donors (Lipinski definition) is 1. The number of fused-ring (bicyclic) bond motifs is 1. The molecular formula is C19H24N2O. The fraction of sp³-hybridized carbons (Fsp3) is 0.526. The van der Waals surface area contributed by atoms with Gasteiger partial charge in [0.1, 0.15) is 0 Å². The first-order valence-corrected chi connectivity index (χ1v) is 8.72. The highest BCUT2D eigenvalue weighted by molar-refractivity contribution is 5.49. The maximum Gasteiger partial charge on any atom is 0.228 e. The fourth-order valence-corrected chi connectivity index (χ4v) is 4.01. The molecule has 1 heterocycles. The maximum atomic E-state index is 5.71. The molecule has 1 aromatic carbocycles. The predicted molar refractivity (Wildman–Crippen MR) is 88.2 cm³/mol. The normalized spacial score (nSPS) is 22.3. The summed E-state index contributed by atoms with van der Waals surface area (Å²) in [6, 6.07) is 11.3. The number of benzene rings is 1. The van der Waals surface area contributed by atoms with Crippen molar-refractivity contribution < 1.29 is 4.52 Å². The lowest BCUT2D eigenvalue weighted by atomic mass is 9.83. The van der Waals surface area contributed by atoms with Crippen LogP contribution in [0.5, 0.6) is 0 Å². The Bertz CT molecular complexity index is 614. The molecule has 0 saturated heterocycles. The number of anilines is 1. The van der Waals surface area contributed by atoms with Crippen molar-refractivity contribution in [1.29, 1.82) is 0 Å². The van der Waals surface area contributed by atoms with Crippen molar-refractivity contribution in [2.45, 2.75) is 63.3 Å². The van der Waals surface area contributed by atoms with Gasteiger partial charge in [-0.1, -0.05) is 54.8 Å². The van der Waals surface area contributed by atoms with Crippen molar-refractivity contribution in [3.8, 4) is 0 Å². The number of hydrogen-bond acceptors (Lipinski definition) is 3. The van der Waals surface area contributed by atoms with Gasteiger partial charge in [0, 0.05) is 17.5 Å². The van der Waals surface area contributed by atoms with Crippen LogP contribution in [0.15, 0.2) is 34.9 Å². The molecule has 4 rings (SSSR count). The van der Waals surface area contributed by atoms with Crippen molar-refractivity contribution in [2.75, 3.05) is 5.32 Å². The zero-order valence-electron chi connectivity index (χ0n) is 13.1. The quantitative estimate of drug-likeness (QED) is 0.876. The van der Waals surface area contributed by atoms with Crippen molar-refractivity contribution in [3.05, 3.63) is 47.2 Å². The molecule has 1 aromatic heterocycles. The summed E-state index contributed by atoms with van der Waals surface area (Å²) in [6.45, 7) is 0. The van der Waals surface area contributed by atoms with Gasteiger partial charge in [0.2, 0.25) is 5.88 Å². The van der Waals surface area contributed by atoms with E-state index >= 15 is 0 Å². The molecule has 3 nitrogen and oxygen atoms in total. The van der Waals surface area contributed by atoms with E-state index < -0.39 is 0 Å². The summed E-state index contributed by atoms with van der Waals surface area (Å²) in [5.41, 5.74) is 3.85. The van der Waals surface area contributed by atoms with Crippen LogP contribution in [0.1, 0.15) is 67.7 Å². The number of nitrogens with one attached hydrogen (secondary N) is 1. The summed E-state index contributed by atoms with van der Waals surface area (Å²) in [5, 5.41) is 8.07. The van der Waals surface area contributed by atoms with E-state index in [9.17, 15) is 0 Å². The molecule has 3 heteroatoms. The molecule has 0 spiro atoms. The molecule has 1 N–H and O–H groups in total. The standard InChI is InChI=1S/C19H24N2O/c1-3-8-14(9-4-1)16-12-7-13-17-18(16)21-22-19(17)20-15-10-5-2-6-11-15/h1,3-4,8-9,15-16,20H,2,5-7,10-13H2. The summed E-state index contributed by atoms with van der Waals surface area (Å²) in [7, 11) is 0. The van der Waals surface area contributed by atoms with Crippen LogP contribution in [0.25, 0.3) is 0 Å². The highest BCUT2D eigenvalue weighted by atomic mass is 16.5. The van der Waals surface area contributed by atoms with Crippen LogP contribution < -0.4 is 5.32 Å².